The standard InChI is InChI=1S/C14H25NO4/c1-9(2)12-5-4-10(3)8-11(12)6-7-15-19-14(18)13(16)17/h9-12,15H,4-8H2,1-3H3,(H,16,17). The molecule has 3 unspecified atom stereocenters. The normalized spacial score (nSPS) is 27.3. The lowest BCUT2D eigenvalue weighted by molar-refractivity contribution is -0.168. The molecule has 1 fully saturated rings. The Morgan fingerprint density at radius 2 is 2.05 bits per heavy atom. The van der Waals surface area contributed by atoms with E-state index in [-0.39, 0.29) is 0 Å². The van der Waals surface area contributed by atoms with E-state index in [1.165, 1.54) is 19.3 Å². The van der Waals surface area contributed by atoms with Gasteiger partial charge in [0.15, 0.2) is 0 Å². The molecule has 1 rings (SSSR count). The van der Waals surface area contributed by atoms with E-state index in [0.29, 0.717) is 24.3 Å². The highest BCUT2D eigenvalue weighted by atomic mass is 16.7. The largest absolute Gasteiger partial charge is 0.473 e. The number of rotatable bonds is 5. The number of hydrogen-bond donors (Lipinski definition) is 2. The maximum absolute atomic E-state index is 10.7. The van der Waals surface area contributed by atoms with Gasteiger partial charge < -0.3 is 9.94 Å². The molecule has 0 aromatic rings. The molecule has 2 N–H and O–H groups in total. The highest BCUT2D eigenvalue weighted by molar-refractivity contribution is 6.28. The molecule has 1 saturated carbocycles. The van der Waals surface area contributed by atoms with Crippen molar-refractivity contribution >= 4 is 11.9 Å². The minimum absolute atomic E-state index is 0.514. The van der Waals surface area contributed by atoms with E-state index in [9.17, 15) is 9.59 Å². The Labute approximate surface area is 114 Å². The summed E-state index contributed by atoms with van der Waals surface area (Å²) in [5, 5.41) is 8.37. The van der Waals surface area contributed by atoms with Crippen LogP contribution in [-0.2, 0) is 14.4 Å². The molecule has 0 radical (unpaired) electrons. The average Bonchev–Trinajstić information content (AvgIpc) is 2.33. The summed E-state index contributed by atoms with van der Waals surface area (Å²) in [6.45, 7) is 7.30. The van der Waals surface area contributed by atoms with Crippen molar-refractivity contribution in [2.45, 2.75) is 46.5 Å². The van der Waals surface area contributed by atoms with Crippen LogP contribution in [0.15, 0.2) is 0 Å². The fraction of sp³-hybridized carbons (Fsp3) is 0.857. The van der Waals surface area contributed by atoms with E-state index in [0.717, 1.165) is 12.3 Å². The van der Waals surface area contributed by atoms with Crippen LogP contribution in [0.1, 0.15) is 46.5 Å². The van der Waals surface area contributed by atoms with Crippen molar-refractivity contribution in [2.24, 2.45) is 23.7 Å². The van der Waals surface area contributed by atoms with E-state index in [4.69, 9.17) is 5.11 Å². The molecule has 5 nitrogen and oxygen atoms in total. The minimum Gasteiger partial charge on any atom is -0.473 e. The van der Waals surface area contributed by atoms with Gasteiger partial charge in [-0.2, -0.15) is 5.48 Å². The van der Waals surface area contributed by atoms with E-state index in [2.05, 4.69) is 31.1 Å². The van der Waals surface area contributed by atoms with Gasteiger partial charge in [-0.1, -0.05) is 27.2 Å². The quantitative estimate of drug-likeness (QED) is 0.455. The highest BCUT2D eigenvalue weighted by Gasteiger charge is 2.30. The van der Waals surface area contributed by atoms with E-state index in [1.54, 1.807) is 0 Å². The van der Waals surface area contributed by atoms with Gasteiger partial charge in [0.1, 0.15) is 0 Å². The number of hydrogen-bond acceptors (Lipinski definition) is 4. The molecule has 0 aromatic carbocycles. The Hall–Kier alpha value is -1.10. The number of carboxylic acids is 1. The Morgan fingerprint density at radius 3 is 2.63 bits per heavy atom. The van der Waals surface area contributed by atoms with Gasteiger partial charge in [0.05, 0.1) is 0 Å². The zero-order chi connectivity index (χ0) is 14.4. The van der Waals surface area contributed by atoms with Gasteiger partial charge in [0.25, 0.3) is 0 Å². The Morgan fingerprint density at radius 1 is 1.37 bits per heavy atom. The van der Waals surface area contributed by atoms with Crippen LogP contribution in [-0.4, -0.2) is 23.6 Å². The summed E-state index contributed by atoms with van der Waals surface area (Å²) in [5.74, 6) is -0.0649. The molecule has 19 heavy (non-hydrogen) atoms. The van der Waals surface area contributed by atoms with E-state index < -0.39 is 11.9 Å². The second-order valence-corrected chi connectivity index (χ2v) is 5.96. The van der Waals surface area contributed by atoms with Crippen LogP contribution in [0, 0.1) is 23.7 Å². The molecule has 0 spiro atoms. The molecule has 0 amide bonds. The minimum atomic E-state index is -1.57. The van der Waals surface area contributed by atoms with Crippen LogP contribution in [0.2, 0.25) is 0 Å². The van der Waals surface area contributed by atoms with Crippen molar-refractivity contribution in [1.82, 2.24) is 5.48 Å². The molecule has 0 heterocycles. The maximum atomic E-state index is 10.7. The predicted molar refractivity (Wildman–Crippen MR) is 71.2 cm³/mol. The van der Waals surface area contributed by atoms with Gasteiger partial charge in [-0.15, -0.1) is 0 Å². The van der Waals surface area contributed by atoms with Gasteiger partial charge in [0, 0.05) is 6.54 Å². The number of aliphatic carboxylic acids is 1. The third-order valence-electron chi connectivity index (χ3n) is 4.12. The maximum Gasteiger partial charge on any atom is 0.435 e. The first kappa shape index (κ1) is 16.0. The average molecular weight is 271 g/mol. The molecule has 3 atom stereocenters. The third-order valence-corrected chi connectivity index (χ3v) is 4.12. The number of carbonyl (C=O) groups excluding carboxylic acids is 1. The summed E-state index contributed by atoms with van der Waals surface area (Å²) in [5.41, 5.74) is 2.46. The van der Waals surface area contributed by atoms with Crippen LogP contribution < -0.4 is 5.48 Å². The molecule has 0 aromatic heterocycles. The number of hydroxylamine groups is 1. The second kappa shape index (κ2) is 7.48. The molecule has 110 valence electrons. The van der Waals surface area contributed by atoms with Crippen LogP contribution >= 0.6 is 0 Å². The van der Waals surface area contributed by atoms with Crippen LogP contribution in [0.4, 0.5) is 0 Å². The van der Waals surface area contributed by atoms with Crippen molar-refractivity contribution in [3.05, 3.63) is 0 Å². The fourth-order valence-electron chi connectivity index (χ4n) is 3.14. The van der Waals surface area contributed by atoms with Crippen LogP contribution in [0.5, 0.6) is 0 Å². The first-order valence-electron chi connectivity index (χ1n) is 7.08. The first-order valence-corrected chi connectivity index (χ1v) is 7.08. The summed E-state index contributed by atoms with van der Waals surface area (Å²) in [6, 6.07) is 0. The Kier molecular flexibility index (Phi) is 6.28. The van der Waals surface area contributed by atoms with E-state index >= 15 is 0 Å². The topological polar surface area (TPSA) is 75.6 Å². The molecule has 1 aliphatic carbocycles. The second-order valence-electron chi connectivity index (χ2n) is 5.96. The molecule has 0 bridgehead atoms. The molecule has 1 aliphatic rings. The summed E-state index contributed by atoms with van der Waals surface area (Å²) >= 11 is 0. The van der Waals surface area contributed by atoms with E-state index in [1.807, 2.05) is 0 Å². The Bertz CT molecular complexity index is 317. The van der Waals surface area contributed by atoms with Crippen molar-refractivity contribution in [2.75, 3.05) is 6.54 Å². The van der Waals surface area contributed by atoms with Gasteiger partial charge in [0.2, 0.25) is 0 Å². The lowest BCUT2D eigenvalue weighted by Crippen LogP contribution is -2.32. The van der Waals surface area contributed by atoms with Crippen LogP contribution in [0.3, 0.4) is 0 Å². The summed E-state index contributed by atoms with van der Waals surface area (Å²) < 4.78 is 0. The number of carboxylic acid groups (broad SMARTS) is 1. The van der Waals surface area contributed by atoms with Crippen molar-refractivity contribution in [3.8, 4) is 0 Å². The lowest BCUT2D eigenvalue weighted by atomic mass is 9.69. The molecular formula is C14H25NO4. The van der Waals surface area contributed by atoms with Gasteiger partial charge in [-0.25, -0.2) is 9.59 Å². The number of nitrogens with one attached hydrogen (secondary N) is 1. The lowest BCUT2D eigenvalue weighted by Gasteiger charge is -2.37. The molecular weight excluding hydrogens is 246 g/mol. The smallest absolute Gasteiger partial charge is 0.435 e. The van der Waals surface area contributed by atoms with Gasteiger partial charge in [-0.3, -0.25) is 0 Å². The summed E-state index contributed by atoms with van der Waals surface area (Å²) in [7, 11) is 0. The monoisotopic (exact) mass is 271 g/mol. The zero-order valence-electron chi connectivity index (χ0n) is 12.0. The first-order chi connectivity index (χ1) is 8.91. The van der Waals surface area contributed by atoms with Crippen molar-refractivity contribution in [1.29, 1.82) is 0 Å². The SMILES string of the molecule is CC1CCC(C(C)C)C(CCNOC(=O)C(=O)O)C1. The summed E-state index contributed by atoms with van der Waals surface area (Å²) in [6.07, 6.45) is 4.68. The molecule has 0 aliphatic heterocycles. The highest BCUT2D eigenvalue weighted by Crippen LogP contribution is 2.39. The van der Waals surface area contributed by atoms with Crippen LogP contribution in [0.25, 0.3) is 0 Å². The van der Waals surface area contributed by atoms with Crippen molar-refractivity contribution < 1.29 is 19.5 Å². The number of carbonyl (C=O) groups is 2. The van der Waals surface area contributed by atoms with Gasteiger partial charge >= 0.3 is 11.9 Å². The summed E-state index contributed by atoms with van der Waals surface area (Å²) in [4.78, 5) is 25.4. The predicted octanol–water partition coefficient (Wildman–Crippen LogP) is 2.22. The van der Waals surface area contributed by atoms with Gasteiger partial charge in [-0.05, 0) is 42.9 Å². The molecule has 0 saturated heterocycles. The van der Waals surface area contributed by atoms with Crippen molar-refractivity contribution in [3.63, 3.8) is 0 Å². The Balaban J connectivity index is 2.32. The zero-order valence-corrected chi connectivity index (χ0v) is 12.0. The third kappa shape index (κ3) is 5.19. The fourth-order valence-corrected chi connectivity index (χ4v) is 3.14. The molecule has 5 heteroatoms.